The molecule has 1 saturated heterocycles. The molecule has 0 bridgehead atoms. The van der Waals surface area contributed by atoms with Crippen molar-refractivity contribution in [1.29, 1.82) is 4.78 Å². The Balaban J connectivity index is 0.000000996. The van der Waals surface area contributed by atoms with Gasteiger partial charge in [0, 0.05) is 43.4 Å². The second-order valence-corrected chi connectivity index (χ2v) is 10.7. The molecule has 2 atom stereocenters. The number of hydrogen-bond acceptors (Lipinski definition) is 11. The topological polar surface area (TPSA) is 156 Å². The number of Topliss-reactive ketones (excluding diaryl/α,β-unsaturated/α-hetero) is 1. The summed E-state index contributed by atoms with van der Waals surface area (Å²) in [7, 11) is -0.974. The Labute approximate surface area is 251 Å². The number of ether oxygens (including phenoxy) is 2. The van der Waals surface area contributed by atoms with Crippen molar-refractivity contribution >= 4 is 39.3 Å². The van der Waals surface area contributed by atoms with Crippen molar-refractivity contribution in [3.05, 3.63) is 84.3 Å². The van der Waals surface area contributed by atoms with Crippen LogP contribution < -0.4 is 10.1 Å². The summed E-state index contributed by atoms with van der Waals surface area (Å²) in [5.41, 5.74) is 3.75. The highest BCUT2D eigenvalue weighted by Crippen LogP contribution is 2.31. The van der Waals surface area contributed by atoms with E-state index in [2.05, 4.69) is 20.3 Å². The number of piperidine rings is 1. The van der Waals surface area contributed by atoms with Crippen LogP contribution in [0.25, 0.3) is 5.52 Å². The summed E-state index contributed by atoms with van der Waals surface area (Å²) in [4.78, 5) is 32.0. The largest absolute Gasteiger partial charge is 0.497 e. The van der Waals surface area contributed by atoms with E-state index in [-0.39, 0.29) is 36.6 Å². The Morgan fingerprint density at radius 1 is 1.12 bits per heavy atom. The minimum absolute atomic E-state index is 0.0265. The summed E-state index contributed by atoms with van der Waals surface area (Å²) in [5.74, 6) is 1.04. The van der Waals surface area contributed by atoms with Crippen molar-refractivity contribution in [1.82, 2.24) is 19.5 Å². The average Bonchev–Trinajstić information content (AvgIpc) is 3.40. The highest BCUT2D eigenvalue weighted by atomic mass is 32.2. The van der Waals surface area contributed by atoms with Crippen LogP contribution >= 0.6 is 0 Å². The summed E-state index contributed by atoms with van der Waals surface area (Å²) in [6.07, 6.45) is 4.44. The van der Waals surface area contributed by atoms with Crippen LogP contribution in [0.1, 0.15) is 30.9 Å². The van der Waals surface area contributed by atoms with E-state index in [0.29, 0.717) is 18.9 Å². The molecule has 0 amide bonds. The van der Waals surface area contributed by atoms with Gasteiger partial charge in [-0.1, -0.05) is 36.4 Å². The normalized spacial score (nSPS) is 16.5. The molecule has 1 aliphatic heterocycles. The van der Waals surface area contributed by atoms with Crippen LogP contribution in [-0.4, -0.2) is 59.9 Å². The molecule has 226 valence electrons. The number of ketones is 1. The lowest BCUT2D eigenvalue weighted by Crippen LogP contribution is -2.43. The van der Waals surface area contributed by atoms with Crippen molar-refractivity contribution in [2.45, 2.75) is 32.9 Å². The van der Waals surface area contributed by atoms with Gasteiger partial charge in [0.15, 0.2) is 5.82 Å². The predicted octanol–water partition coefficient (Wildman–Crippen LogP) is 4.27. The second-order valence-electron chi connectivity index (χ2n) is 10.2. The third kappa shape index (κ3) is 8.93. The first-order chi connectivity index (χ1) is 20.7. The number of likely N-dealkylation sites (tertiary alicyclic amines) is 1. The van der Waals surface area contributed by atoms with Crippen molar-refractivity contribution in [3.8, 4) is 5.75 Å². The summed E-state index contributed by atoms with van der Waals surface area (Å²) in [6, 6.07) is 19.3. The number of methoxy groups -OCH3 is 1. The number of hydrogen-bond donors (Lipinski definition) is 2. The number of aromatic nitrogens is 3. The van der Waals surface area contributed by atoms with E-state index in [1.807, 2.05) is 71.4 Å². The number of fused-ring (bicyclic) bond motifs is 1. The van der Waals surface area contributed by atoms with Crippen LogP contribution in [0.4, 0.5) is 11.5 Å². The van der Waals surface area contributed by atoms with Gasteiger partial charge in [-0.2, -0.15) is 18.3 Å². The van der Waals surface area contributed by atoms with E-state index in [1.54, 1.807) is 14.0 Å². The van der Waals surface area contributed by atoms with Crippen LogP contribution in [0, 0.1) is 16.6 Å². The fourth-order valence-corrected chi connectivity index (χ4v) is 5.24. The number of nitrogens with zero attached hydrogens (tertiary/aromatic N) is 4. The lowest BCUT2D eigenvalue weighted by atomic mass is 9.81. The molecule has 0 aliphatic carbocycles. The fourth-order valence-electron chi connectivity index (χ4n) is 5.24. The van der Waals surface area contributed by atoms with E-state index in [0.717, 1.165) is 41.0 Å². The molecule has 5 rings (SSSR count). The van der Waals surface area contributed by atoms with Gasteiger partial charge in [-0.25, -0.2) is 9.50 Å². The fraction of sp³-hybridized carbons (Fsp3) is 0.333. The average molecular weight is 607 g/mol. The number of anilines is 2. The van der Waals surface area contributed by atoms with Crippen LogP contribution in [0.3, 0.4) is 0 Å². The Morgan fingerprint density at radius 2 is 1.88 bits per heavy atom. The Bertz CT molecular complexity index is 1660. The lowest BCUT2D eigenvalue weighted by Gasteiger charge is -2.37. The summed E-state index contributed by atoms with van der Waals surface area (Å²) in [5, 5.41) is 7.76. The van der Waals surface area contributed by atoms with Crippen LogP contribution in [0.15, 0.2) is 73.2 Å². The molecule has 0 spiro atoms. The first kappa shape index (κ1) is 31.3. The zero-order valence-corrected chi connectivity index (χ0v) is 24.8. The Hall–Kier alpha value is -4.62. The maximum Gasteiger partial charge on any atom is 0.308 e. The van der Waals surface area contributed by atoms with E-state index in [1.165, 1.54) is 6.33 Å². The smallest absolute Gasteiger partial charge is 0.308 e. The molecule has 0 radical (unpaired) electrons. The van der Waals surface area contributed by atoms with E-state index >= 15 is 0 Å². The SMILES string of the molecule is COc1cccc(Nc2ncnn3ccc(CN4CC[C@@H](CC(=O)OCc5ccccc5)[C@@H](C(C)=O)C4)c23)c1.N=S(=O)=O. The third-order valence-electron chi connectivity index (χ3n) is 7.30. The number of nitrogens with one attached hydrogen (secondary N) is 2. The molecule has 2 N–H and O–H groups in total. The molecule has 1 fully saturated rings. The molecule has 2 aromatic carbocycles. The number of carbonyl (C=O) groups is 2. The highest BCUT2D eigenvalue weighted by molar-refractivity contribution is 7.60. The zero-order chi connectivity index (χ0) is 30.8. The predicted molar refractivity (Wildman–Crippen MR) is 159 cm³/mol. The summed E-state index contributed by atoms with van der Waals surface area (Å²) >= 11 is 0. The Morgan fingerprint density at radius 3 is 2.60 bits per heavy atom. The molecule has 43 heavy (non-hydrogen) atoms. The number of carbonyl (C=O) groups excluding carboxylic acids is 2. The molecule has 13 heteroatoms. The molecule has 0 saturated carbocycles. The summed E-state index contributed by atoms with van der Waals surface area (Å²) in [6.45, 7) is 3.89. The Kier molecular flexibility index (Phi) is 10.9. The molecular formula is C30H34N6O6S. The minimum atomic E-state index is -2.61. The van der Waals surface area contributed by atoms with E-state index in [9.17, 15) is 9.59 Å². The van der Waals surface area contributed by atoms with Crippen LogP contribution in [0.2, 0.25) is 0 Å². The monoisotopic (exact) mass is 606 g/mol. The van der Waals surface area contributed by atoms with Gasteiger partial charge in [-0.05, 0) is 55.1 Å². The molecule has 12 nitrogen and oxygen atoms in total. The van der Waals surface area contributed by atoms with Crippen molar-refractivity contribution in [2.75, 3.05) is 25.5 Å². The quantitative estimate of drug-likeness (QED) is 0.250. The third-order valence-corrected chi connectivity index (χ3v) is 7.30. The van der Waals surface area contributed by atoms with Crippen molar-refractivity contribution in [3.63, 3.8) is 0 Å². The van der Waals surface area contributed by atoms with E-state index < -0.39 is 10.5 Å². The van der Waals surface area contributed by atoms with Gasteiger partial charge in [0.2, 0.25) is 0 Å². The second kappa shape index (κ2) is 15.0. The maximum atomic E-state index is 12.6. The van der Waals surface area contributed by atoms with Gasteiger partial charge >= 0.3 is 16.5 Å². The zero-order valence-electron chi connectivity index (χ0n) is 24.0. The maximum absolute atomic E-state index is 12.6. The van der Waals surface area contributed by atoms with Gasteiger partial charge in [-0.3, -0.25) is 14.5 Å². The molecular weight excluding hydrogens is 572 g/mol. The van der Waals surface area contributed by atoms with Crippen molar-refractivity contribution in [2.24, 2.45) is 11.8 Å². The number of benzene rings is 2. The molecule has 1 aliphatic rings. The number of rotatable bonds is 10. The van der Waals surface area contributed by atoms with E-state index in [4.69, 9.17) is 22.7 Å². The summed E-state index contributed by atoms with van der Waals surface area (Å²) < 4.78 is 35.5. The molecule has 4 aromatic rings. The van der Waals surface area contributed by atoms with Gasteiger partial charge in [0.25, 0.3) is 0 Å². The molecule has 3 heterocycles. The van der Waals surface area contributed by atoms with Gasteiger partial charge in [0.05, 0.1) is 7.11 Å². The molecule has 2 aromatic heterocycles. The molecule has 0 unspecified atom stereocenters. The van der Waals surface area contributed by atoms with Crippen LogP contribution in [0.5, 0.6) is 5.75 Å². The highest BCUT2D eigenvalue weighted by Gasteiger charge is 2.34. The standard InChI is InChI=1S/C30H33N5O4.HNO2S/c1-21(36)27-18-34(13-11-23(27)15-28(37)39-19-22-7-4-3-5-8-22)17-24-12-14-35-29(24)30(31-20-32-35)33-25-9-6-10-26(16-25)38-2;1-4(2)3/h3-10,12,14,16,20,23,27H,11,13,15,17-19H2,1-2H3,(H,31,32,33);1H/t23-,27+;/m0./s1. The minimum Gasteiger partial charge on any atom is -0.497 e. The van der Waals surface area contributed by atoms with Gasteiger partial charge in [0.1, 0.15) is 30.0 Å². The lowest BCUT2D eigenvalue weighted by molar-refractivity contribution is -0.147. The first-order valence-electron chi connectivity index (χ1n) is 13.7. The first-order valence-corrected chi connectivity index (χ1v) is 14.8. The number of esters is 1. The van der Waals surface area contributed by atoms with Crippen molar-refractivity contribution < 1.29 is 27.5 Å². The van der Waals surface area contributed by atoms with Crippen LogP contribution in [-0.2, 0) is 38.0 Å². The van der Waals surface area contributed by atoms with Gasteiger partial charge in [-0.15, -0.1) is 0 Å². The van der Waals surface area contributed by atoms with Gasteiger partial charge < -0.3 is 14.8 Å².